The summed E-state index contributed by atoms with van der Waals surface area (Å²) in [4.78, 5) is 0. The highest BCUT2D eigenvalue weighted by atomic mass is 35.5. The minimum absolute atomic E-state index is 0.286. The van der Waals surface area contributed by atoms with Crippen molar-refractivity contribution in [1.82, 2.24) is 9.78 Å². The summed E-state index contributed by atoms with van der Waals surface area (Å²) >= 11 is 12.6. The Morgan fingerprint density at radius 3 is 2.76 bits per heavy atom. The van der Waals surface area contributed by atoms with Gasteiger partial charge in [-0.15, -0.1) is 11.6 Å². The summed E-state index contributed by atoms with van der Waals surface area (Å²) in [5, 5.41) is 5.47. The summed E-state index contributed by atoms with van der Waals surface area (Å²) in [6, 6.07) is 0.356. The van der Waals surface area contributed by atoms with Crippen LogP contribution in [0.25, 0.3) is 0 Å². The van der Waals surface area contributed by atoms with E-state index in [2.05, 4.69) is 23.6 Å². The predicted molar refractivity (Wildman–Crippen MR) is 73.1 cm³/mol. The van der Waals surface area contributed by atoms with E-state index in [9.17, 15) is 0 Å². The number of aromatic nitrogens is 2. The van der Waals surface area contributed by atoms with Crippen LogP contribution < -0.4 is 0 Å². The summed E-state index contributed by atoms with van der Waals surface area (Å²) in [5.74, 6) is 0.470. The van der Waals surface area contributed by atoms with Crippen LogP contribution in [0.5, 0.6) is 0 Å². The molecule has 2 unspecified atom stereocenters. The highest BCUT2D eigenvalue weighted by Gasteiger charge is 2.25. The third-order valence-corrected chi connectivity index (χ3v) is 4.21. The maximum absolute atomic E-state index is 6.34. The van der Waals surface area contributed by atoms with Gasteiger partial charge >= 0.3 is 0 Å². The summed E-state index contributed by atoms with van der Waals surface area (Å²) in [7, 11) is 0. The second-order valence-corrected chi connectivity index (χ2v) is 6.25. The van der Waals surface area contributed by atoms with E-state index in [1.807, 2.05) is 0 Å². The van der Waals surface area contributed by atoms with Crippen LogP contribution in [0.3, 0.4) is 0 Å². The Morgan fingerprint density at radius 2 is 2.06 bits per heavy atom. The first-order chi connectivity index (χ1) is 8.09. The summed E-state index contributed by atoms with van der Waals surface area (Å²) in [6.07, 6.45) is 7.59. The number of alkyl halides is 1. The van der Waals surface area contributed by atoms with Crippen molar-refractivity contribution in [2.45, 2.75) is 63.3 Å². The van der Waals surface area contributed by atoms with Crippen LogP contribution in [0, 0.1) is 0 Å². The van der Waals surface area contributed by atoms with Crippen molar-refractivity contribution in [2.24, 2.45) is 0 Å². The molecule has 0 aromatic carbocycles. The molecule has 2 atom stereocenters. The molecule has 0 aliphatic heterocycles. The Kier molecular flexibility index (Phi) is 4.37. The molecule has 1 aromatic heterocycles. The summed E-state index contributed by atoms with van der Waals surface area (Å²) in [5.41, 5.74) is 1.19. The molecule has 1 aliphatic carbocycles. The zero-order chi connectivity index (χ0) is 12.4. The van der Waals surface area contributed by atoms with Crippen molar-refractivity contribution in [1.29, 1.82) is 0 Å². The smallest absolute Gasteiger partial charge is 0.0820 e. The van der Waals surface area contributed by atoms with E-state index in [1.165, 1.54) is 25.0 Å². The molecule has 0 bridgehead atoms. The Bertz CT molecular complexity index is 373. The number of hydrogen-bond acceptors (Lipinski definition) is 1. The molecule has 0 radical (unpaired) electrons. The first kappa shape index (κ1) is 13.2. The first-order valence-electron chi connectivity index (χ1n) is 6.46. The molecule has 1 aliphatic rings. The van der Waals surface area contributed by atoms with Gasteiger partial charge in [-0.2, -0.15) is 5.10 Å². The molecule has 1 fully saturated rings. The highest BCUT2D eigenvalue weighted by molar-refractivity contribution is 6.31. The number of nitrogens with zero attached hydrogens (tertiary/aromatic N) is 2. The van der Waals surface area contributed by atoms with E-state index in [0.29, 0.717) is 12.0 Å². The van der Waals surface area contributed by atoms with E-state index < -0.39 is 0 Å². The van der Waals surface area contributed by atoms with Gasteiger partial charge in [-0.1, -0.05) is 24.4 Å². The monoisotopic (exact) mass is 274 g/mol. The molecule has 4 heteroatoms. The van der Waals surface area contributed by atoms with Crippen molar-refractivity contribution in [3.05, 3.63) is 16.9 Å². The quantitative estimate of drug-likeness (QED) is 0.561. The second-order valence-electron chi connectivity index (χ2n) is 5.23. The number of rotatable bonds is 2. The minimum atomic E-state index is 0.286. The zero-order valence-electron chi connectivity index (χ0n) is 10.5. The summed E-state index contributed by atoms with van der Waals surface area (Å²) in [6.45, 7) is 4.28. The van der Waals surface area contributed by atoms with Crippen LogP contribution in [0.4, 0.5) is 0 Å². The third-order valence-electron chi connectivity index (χ3n) is 3.52. The number of hydrogen-bond donors (Lipinski definition) is 0. The molecule has 96 valence electrons. The van der Waals surface area contributed by atoms with Crippen molar-refractivity contribution < 1.29 is 0 Å². The topological polar surface area (TPSA) is 17.8 Å². The van der Waals surface area contributed by atoms with Crippen molar-refractivity contribution >= 4 is 23.2 Å². The highest BCUT2D eigenvalue weighted by Crippen LogP contribution is 2.37. The zero-order valence-corrected chi connectivity index (χ0v) is 12.0. The van der Waals surface area contributed by atoms with Gasteiger partial charge in [0.15, 0.2) is 0 Å². The predicted octanol–water partition coefficient (Wildman–Crippen LogP) is 4.77. The van der Waals surface area contributed by atoms with Crippen LogP contribution >= 0.6 is 23.2 Å². The minimum Gasteiger partial charge on any atom is -0.265 e. The normalized spacial score (nSPS) is 26.2. The third kappa shape index (κ3) is 2.97. The average molecular weight is 275 g/mol. The lowest BCUT2D eigenvalue weighted by molar-refractivity contribution is 0.464. The van der Waals surface area contributed by atoms with Gasteiger partial charge < -0.3 is 0 Å². The van der Waals surface area contributed by atoms with Crippen LogP contribution in [-0.4, -0.2) is 15.2 Å². The first-order valence-corrected chi connectivity index (χ1v) is 7.28. The molecule has 1 saturated carbocycles. The van der Waals surface area contributed by atoms with E-state index in [1.54, 1.807) is 6.20 Å². The van der Waals surface area contributed by atoms with Gasteiger partial charge in [-0.05, 0) is 33.1 Å². The van der Waals surface area contributed by atoms with Gasteiger partial charge in [-0.25, -0.2) is 0 Å². The van der Waals surface area contributed by atoms with Crippen molar-refractivity contribution in [3.8, 4) is 0 Å². The fourth-order valence-corrected chi connectivity index (χ4v) is 3.35. The van der Waals surface area contributed by atoms with E-state index in [-0.39, 0.29) is 5.38 Å². The second kappa shape index (κ2) is 5.62. The van der Waals surface area contributed by atoms with E-state index in [4.69, 9.17) is 23.2 Å². The molecular formula is C13H20Cl2N2. The average Bonchev–Trinajstić information content (AvgIpc) is 2.52. The Hall–Kier alpha value is -0.210. The Morgan fingerprint density at radius 1 is 1.35 bits per heavy atom. The maximum Gasteiger partial charge on any atom is 0.0820 e. The molecule has 2 nitrogen and oxygen atoms in total. The van der Waals surface area contributed by atoms with Crippen LogP contribution in [0.15, 0.2) is 6.20 Å². The SMILES string of the molecule is CC(C)n1ncc(Cl)c1C1CCCCC(Cl)C1. The molecule has 0 saturated heterocycles. The molecule has 17 heavy (non-hydrogen) atoms. The molecule has 0 amide bonds. The van der Waals surface area contributed by atoms with E-state index in [0.717, 1.165) is 17.9 Å². The van der Waals surface area contributed by atoms with Gasteiger partial charge in [0.05, 0.1) is 16.9 Å². The fraction of sp³-hybridized carbons (Fsp3) is 0.769. The van der Waals surface area contributed by atoms with Gasteiger partial charge in [0.1, 0.15) is 0 Å². The van der Waals surface area contributed by atoms with Crippen molar-refractivity contribution in [2.75, 3.05) is 0 Å². The molecule has 0 N–H and O–H groups in total. The van der Waals surface area contributed by atoms with Crippen LogP contribution in [-0.2, 0) is 0 Å². The molecule has 1 heterocycles. The van der Waals surface area contributed by atoms with Crippen molar-refractivity contribution in [3.63, 3.8) is 0 Å². The van der Waals surface area contributed by atoms with Gasteiger partial charge in [0, 0.05) is 17.3 Å². The molecular weight excluding hydrogens is 255 g/mol. The van der Waals surface area contributed by atoms with Gasteiger partial charge in [-0.3, -0.25) is 4.68 Å². The number of halogens is 2. The van der Waals surface area contributed by atoms with E-state index >= 15 is 0 Å². The Balaban J connectivity index is 2.28. The summed E-state index contributed by atoms with van der Waals surface area (Å²) < 4.78 is 2.06. The largest absolute Gasteiger partial charge is 0.265 e. The van der Waals surface area contributed by atoms with Crippen LogP contribution in [0.1, 0.15) is 63.6 Å². The maximum atomic E-state index is 6.34. The standard InChI is InChI=1S/C13H20Cl2N2/c1-9(2)17-13(12(15)8-16-17)10-5-3-4-6-11(14)7-10/h8-11H,3-7H2,1-2H3. The fourth-order valence-electron chi connectivity index (χ4n) is 2.69. The van der Waals surface area contributed by atoms with Gasteiger partial charge in [0.25, 0.3) is 0 Å². The van der Waals surface area contributed by atoms with Gasteiger partial charge in [0.2, 0.25) is 0 Å². The lowest BCUT2D eigenvalue weighted by Gasteiger charge is -2.20. The Labute approximate surface area is 113 Å². The molecule has 2 rings (SSSR count). The molecule has 0 spiro atoms. The van der Waals surface area contributed by atoms with Crippen LogP contribution in [0.2, 0.25) is 5.02 Å². The molecule has 1 aromatic rings. The lowest BCUT2D eigenvalue weighted by Crippen LogP contribution is -2.13. The lowest BCUT2D eigenvalue weighted by atomic mass is 9.96.